The van der Waals surface area contributed by atoms with Crippen LogP contribution in [0.2, 0.25) is 0 Å². The molecule has 0 amide bonds. The Hall–Kier alpha value is -5.08. The minimum Gasteiger partial charge on any atom is -0.412 e. The summed E-state index contributed by atoms with van der Waals surface area (Å²) in [7, 11) is -1.89. The highest BCUT2D eigenvalue weighted by atomic mass is 28.2. The van der Waals surface area contributed by atoms with Crippen LogP contribution < -0.4 is 5.19 Å². The predicted molar refractivity (Wildman–Crippen MR) is 180 cm³/mol. The summed E-state index contributed by atoms with van der Waals surface area (Å²) in [5, 5.41) is 50.9. The van der Waals surface area contributed by atoms with Gasteiger partial charge < -0.3 is 4.43 Å². The minimum atomic E-state index is -1.89. The normalized spacial score (nSPS) is 12.9. The van der Waals surface area contributed by atoms with Gasteiger partial charge in [0.15, 0.2) is 0 Å². The fraction of sp³-hybridized carbons (Fsp3) is 0.312. The highest BCUT2D eigenvalue weighted by Crippen LogP contribution is 2.46. The Morgan fingerprint density at radius 1 is 0.522 bits per heavy atom. The molecule has 238 valence electrons. The molecule has 14 heteroatoms. The van der Waals surface area contributed by atoms with Gasteiger partial charge in [-0.2, -0.15) is 0 Å². The first kappa shape index (κ1) is 32.3. The van der Waals surface area contributed by atoms with Crippen LogP contribution in [0.3, 0.4) is 0 Å². The molecule has 46 heavy (non-hydrogen) atoms. The van der Waals surface area contributed by atoms with Crippen LogP contribution in [0.5, 0.6) is 0 Å². The molecule has 0 spiro atoms. The van der Waals surface area contributed by atoms with Crippen molar-refractivity contribution in [3.63, 3.8) is 0 Å². The van der Waals surface area contributed by atoms with Gasteiger partial charge in [0.1, 0.15) is 0 Å². The van der Waals surface area contributed by atoms with Crippen molar-refractivity contribution in [2.75, 3.05) is 0 Å². The lowest BCUT2D eigenvalue weighted by Crippen LogP contribution is -2.54. The van der Waals surface area contributed by atoms with Crippen LogP contribution in [0.4, 0.5) is 22.7 Å². The van der Waals surface area contributed by atoms with Gasteiger partial charge in [-0.3, -0.25) is 40.5 Å². The maximum absolute atomic E-state index is 12.6. The topological polar surface area (TPSA) is 182 Å². The summed E-state index contributed by atoms with van der Waals surface area (Å²) in [6, 6.07) is 12.7. The third-order valence-corrected chi connectivity index (χ3v) is 10.9. The van der Waals surface area contributed by atoms with Gasteiger partial charge >= 0.3 is 0 Å². The Bertz CT molecular complexity index is 2150. The van der Waals surface area contributed by atoms with Crippen molar-refractivity contribution in [1.29, 1.82) is 0 Å². The van der Waals surface area contributed by atoms with Gasteiger partial charge in [-0.15, -0.1) is 0 Å². The van der Waals surface area contributed by atoms with E-state index in [0.717, 1.165) is 12.1 Å². The van der Waals surface area contributed by atoms with Crippen LogP contribution >= 0.6 is 0 Å². The molecule has 0 unspecified atom stereocenters. The van der Waals surface area contributed by atoms with Crippen molar-refractivity contribution in [2.24, 2.45) is 10.8 Å². The molecule has 0 heterocycles. The van der Waals surface area contributed by atoms with Crippen LogP contribution in [0, 0.1) is 51.3 Å². The number of benzene rings is 5. The Labute approximate surface area is 264 Å². The average Bonchev–Trinajstić information content (AvgIpc) is 2.93. The molecule has 0 saturated carbocycles. The molecule has 0 fully saturated rings. The summed E-state index contributed by atoms with van der Waals surface area (Å²) < 4.78 is 6.57. The predicted octanol–water partition coefficient (Wildman–Crippen LogP) is 7.51. The van der Waals surface area contributed by atoms with E-state index in [-0.39, 0.29) is 60.3 Å². The second kappa shape index (κ2) is 10.8. The highest BCUT2D eigenvalue weighted by Gasteiger charge is 2.47. The van der Waals surface area contributed by atoms with Gasteiger partial charge in [0.25, 0.3) is 22.7 Å². The molecule has 0 saturated heterocycles. The van der Waals surface area contributed by atoms with Crippen molar-refractivity contribution in [2.45, 2.75) is 54.1 Å². The fourth-order valence-corrected chi connectivity index (χ4v) is 8.37. The van der Waals surface area contributed by atoms with Crippen molar-refractivity contribution in [3.05, 3.63) is 95.1 Å². The van der Waals surface area contributed by atoms with Crippen LogP contribution in [-0.4, -0.2) is 35.1 Å². The zero-order chi connectivity index (χ0) is 34.1. The van der Waals surface area contributed by atoms with Crippen LogP contribution in [0.25, 0.3) is 43.1 Å². The summed E-state index contributed by atoms with van der Waals surface area (Å²) in [6.45, 7) is 14.1. The number of hydrogen-bond acceptors (Lipinski definition) is 9. The molecule has 0 bridgehead atoms. The first-order valence-corrected chi connectivity index (χ1v) is 15.7. The van der Waals surface area contributed by atoms with E-state index in [9.17, 15) is 40.5 Å². The maximum atomic E-state index is 12.6. The van der Waals surface area contributed by atoms with Gasteiger partial charge in [-0.05, 0) is 75.7 Å². The highest BCUT2D eigenvalue weighted by molar-refractivity contribution is 6.50. The summed E-state index contributed by atoms with van der Waals surface area (Å²) in [6.07, 6.45) is 0. The standard InChI is InChI=1S/C32H32N4O9Si/c1-30(2,3)32(7,31(4,5)6)45-46-28-16-27(35(41)42)23-14-19-10-17-12-21-22(26(34(39)40)9-8-25(21)33(37)38)13-18(17)11-20(19)15-24(23)29(28)36(43)44/h8-16H,46H2,1-7H3. The molecule has 0 atom stereocenters. The zero-order valence-electron chi connectivity index (χ0n) is 26.4. The lowest BCUT2D eigenvalue weighted by molar-refractivity contribution is -0.386. The molecular formula is C32H32N4O9Si. The number of nitro benzene ring substituents is 4. The molecule has 5 aromatic carbocycles. The van der Waals surface area contributed by atoms with Gasteiger partial charge in [0.2, 0.25) is 9.76 Å². The number of nitro groups is 4. The number of hydrogen-bond donors (Lipinski definition) is 0. The molecular weight excluding hydrogens is 612 g/mol. The molecule has 0 aliphatic heterocycles. The van der Waals surface area contributed by atoms with E-state index in [4.69, 9.17) is 4.43 Å². The van der Waals surface area contributed by atoms with Gasteiger partial charge in [-0.25, -0.2) is 0 Å². The first-order chi connectivity index (χ1) is 21.2. The third-order valence-electron chi connectivity index (χ3n) is 9.32. The Balaban J connectivity index is 1.80. The van der Waals surface area contributed by atoms with Gasteiger partial charge in [-0.1, -0.05) is 41.5 Å². The second-order valence-electron chi connectivity index (χ2n) is 13.7. The summed E-state index contributed by atoms with van der Waals surface area (Å²) in [5.74, 6) is 0. The largest absolute Gasteiger partial charge is 0.412 e. The molecule has 5 aromatic rings. The smallest absolute Gasteiger partial charge is 0.278 e. The van der Waals surface area contributed by atoms with Gasteiger partial charge in [0, 0.05) is 23.4 Å². The van der Waals surface area contributed by atoms with Crippen molar-refractivity contribution in [3.8, 4) is 0 Å². The van der Waals surface area contributed by atoms with E-state index < -0.39 is 35.1 Å². The lowest BCUT2D eigenvalue weighted by atomic mass is 9.64. The Morgan fingerprint density at radius 2 is 0.891 bits per heavy atom. The summed E-state index contributed by atoms with van der Waals surface area (Å²) >= 11 is 0. The quantitative estimate of drug-likeness (QED) is 0.0749. The summed E-state index contributed by atoms with van der Waals surface area (Å²) in [4.78, 5) is 46.1. The van der Waals surface area contributed by atoms with Crippen molar-refractivity contribution < 1.29 is 24.1 Å². The van der Waals surface area contributed by atoms with Crippen molar-refractivity contribution >= 4 is 80.8 Å². The second-order valence-corrected chi connectivity index (χ2v) is 15.0. The first-order valence-electron chi connectivity index (χ1n) is 14.4. The van der Waals surface area contributed by atoms with E-state index >= 15 is 0 Å². The number of rotatable bonds is 7. The fourth-order valence-electron chi connectivity index (χ4n) is 6.33. The molecule has 0 N–H and O–H groups in total. The molecule has 5 rings (SSSR count). The van der Waals surface area contributed by atoms with Crippen LogP contribution in [0.15, 0.2) is 54.6 Å². The minimum absolute atomic E-state index is 0.0677. The molecule has 0 aliphatic carbocycles. The van der Waals surface area contributed by atoms with Gasteiger partial charge in [0.05, 0.1) is 46.8 Å². The SMILES string of the molecule is CC(C)(C)C(C)(O[SiH2]c1cc([N+](=O)[O-])c2cc3cc4cc5c([N+](=O)[O-])ccc([N+](=O)[O-])c5cc4cc3cc2c1[N+](=O)[O-])C(C)(C)C. The number of fused-ring (bicyclic) bond motifs is 4. The van der Waals surface area contributed by atoms with E-state index in [1.165, 1.54) is 30.3 Å². The van der Waals surface area contributed by atoms with E-state index in [0.29, 0.717) is 21.5 Å². The molecule has 0 radical (unpaired) electrons. The monoisotopic (exact) mass is 644 g/mol. The molecule has 0 aliphatic rings. The number of nitrogens with zero attached hydrogens (tertiary/aromatic N) is 4. The molecule has 13 nitrogen and oxygen atoms in total. The maximum Gasteiger partial charge on any atom is 0.278 e. The number of non-ortho nitro benzene ring substituents is 3. The Kier molecular flexibility index (Phi) is 7.57. The Morgan fingerprint density at radius 3 is 1.24 bits per heavy atom. The van der Waals surface area contributed by atoms with Crippen LogP contribution in [-0.2, 0) is 4.43 Å². The van der Waals surface area contributed by atoms with E-state index in [1.54, 1.807) is 12.1 Å². The average molecular weight is 645 g/mol. The van der Waals surface area contributed by atoms with Crippen molar-refractivity contribution in [1.82, 2.24) is 0 Å². The van der Waals surface area contributed by atoms with E-state index in [1.807, 2.05) is 48.5 Å². The van der Waals surface area contributed by atoms with E-state index in [2.05, 4.69) is 0 Å². The lowest BCUT2D eigenvalue weighted by Gasteiger charge is -2.51. The molecule has 0 aromatic heterocycles. The zero-order valence-corrected chi connectivity index (χ0v) is 27.8. The van der Waals surface area contributed by atoms with Crippen LogP contribution in [0.1, 0.15) is 48.5 Å². The third kappa shape index (κ3) is 5.18. The summed E-state index contributed by atoms with van der Waals surface area (Å²) in [5.41, 5.74) is -2.60.